The van der Waals surface area contributed by atoms with Gasteiger partial charge in [-0.25, -0.2) is 0 Å². The molecule has 1 aromatic heterocycles. The van der Waals surface area contributed by atoms with Crippen LogP contribution in [0.5, 0.6) is 17.2 Å². The zero-order chi connectivity index (χ0) is 13.9. The molecule has 4 heteroatoms. The number of benzene rings is 2. The molecule has 4 nitrogen and oxygen atoms in total. The quantitative estimate of drug-likeness (QED) is 0.736. The summed E-state index contributed by atoms with van der Waals surface area (Å²) >= 11 is 0. The number of methoxy groups -OCH3 is 1. The highest BCUT2D eigenvalue weighted by Gasteiger charge is 2.03. The van der Waals surface area contributed by atoms with Gasteiger partial charge >= 0.3 is 0 Å². The molecule has 0 amide bonds. The predicted octanol–water partition coefficient (Wildman–Crippen LogP) is 3.62. The molecule has 0 bridgehead atoms. The van der Waals surface area contributed by atoms with Gasteiger partial charge < -0.3 is 15.2 Å². The first-order valence-electron chi connectivity index (χ1n) is 6.22. The first kappa shape index (κ1) is 12.3. The van der Waals surface area contributed by atoms with Gasteiger partial charge in [0.05, 0.1) is 18.8 Å². The molecule has 0 radical (unpaired) electrons. The van der Waals surface area contributed by atoms with E-state index in [4.69, 9.17) is 15.2 Å². The molecule has 1 heterocycles. The maximum atomic E-state index is 5.80. The van der Waals surface area contributed by atoms with Crippen LogP contribution in [0.1, 0.15) is 0 Å². The third-order valence-corrected chi connectivity index (χ3v) is 2.94. The number of nitrogen functional groups attached to an aromatic ring is 1. The Hall–Kier alpha value is -2.75. The fourth-order valence-electron chi connectivity index (χ4n) is 2.01. The Morgan fingerprint density at radius 3 is 2.60 bits per heavy atom. The lowest BCUT2D eigenvalue weighted by molar-refractivity contribution is 0.409. The maximum Gasteiger partial charge on any atom is 0.146 e. The Morgan fingerprint density at radius 2 is 1.75 bits per heavy atom. The van der Waals surface area contributed by atoms with E-state index in [-0.39, 0.29) is 0 Å². The van der Waals surface area contributed by atoms with Crippen molar-refractivity contribution < 1.29 is 9.47 Å². The number of fused-ring (bicyclic) bond motifs is 1. The van der Waals surface area contributed by atoms with E-state index in [1.807, 2.05) is 30.3 Å². The lowest BCUT2D eigenvalue weighted by Gasteiger charge is -2.09. The third-order valence-electron chi connectivity index (χ3n) is 2.94. The highest BCUT2D eigenvalue weighted by atomic mass is 16.5. The number of pyridine rings is 1. The molecule has 0 aliphatic heterocycles. The number of aromatic nitrogens is 1. The van der Waals surface area contributed by atoms with Crippen LogP contribution in [0.3, 0.4) is 0 Å². The lowest BCUT2D eigenvalue weighted by atomic mass is 10.2. The van der Waals surface area contributed by atoms with Crippen LogP contribution in [0, 0.1) is 0 Å². The molecule has 0 unspecified atom stereocenters. The SMILES string of the molecule is COc1cc(N)cc(Oc2cnc3ccccc3c2)c1. The average molecular weight is 266 g/mol. The van der Waals surface area contributed by atoms with Crippen LogP contribution in [0.15, 0.2) is 54.7 Å². The molecule has 0 aliphatic rings. The molecule has 0 saturated carbocycles. The molecule has 0 spiro atoms. The number of hydrogen-bond acceptors (Lipinski definition) is 4. The van der Waals surface area contributed by atoms with E-state index in [9.17, 15) is 0 Å². The van der Waals surface area contributed by atoms with Crippen molar-refractivity contribution in [2.75, 3.05) is 12.8 Å². The Kier molecular flexibility index (Phi) is 3.13. The Balaban J connectivity index is 1.94. The van der Waals surface area contributed by atoms with E-state index in [1.54, 1.807) is 31.5 Å². The smallest absolute Gasteiger partial charge is 0.146 e. The number of hydrogen-bond donors (Lipinski definition) is 1. The molecule has 0 aliphatic carbocycles. The van der Waals surface area contributed by atoms with Gasteiger partial charge in [0, 0.05) is 29.3 Å². The molecule has 0 fully saturated rings. The van der Waals surface area contributed by atoms with Crippen LogP contribution in [-0.2, 0) is 0 Å². The lowest BCUT2D eigenvalue weighted by Crippen LogP contribution is -1.92. The second-order valence-electron chi connectivity index (χ2n) is 4.41. The molecule has 0 saturated heterocycles. The van der Waals surface area contributed by atoms with Gasteiger partial charge in [0.1, 0.15) is 17.2 Å². The Labute approximate surface area is 116 Å². The van der Waals surface area contributed by atoms with E-state index in [0.717, 1.165) is 10.9 Å². The summed E-state index contributed by atoms with van der Waals surface area (Å²) in [5.74, 6) is 1.95. The van der Waals surface area contributed by atoms with E-state index in [2.05, 4.69) is 4.98 Å². The maximum absolute atomic E-state index is 5.80. The number of nitrogens with two attached hydrogens (primary N) is 1. The predicted molar refractivity (Wildman–Crippen MR) is 79.2 cm³/mol. The minimum Gasteiger partial charge on any atom is -0.497 e. The zero-order valence-corrected chi connectivity index (χ0v) is 11.0. The van der Waals surface area contributed by atoms with Gasteiger partial charge in [-0.1, -0.05) is 18.2 Å². The van der Waals surface area contributed by atoms with Crippen molar-refractivity contribution in [3.63, 3.8) is 0 Å². The van der Waals surface area contributed by atoms with Crippen molar-refractivity contribution in [2.24, 2.45) is 0 Å². The number of nitrogens with zero attached hydrogens (tertiary/aromatic N) is 1. The largest absolute Gasteiger partial charge is 0.497 e. The van der Waals surface area contributed by atoms with Crippen molar-refractivity contribution in [3.05, 3.63) is 54.7 Å². The van der Waals surface area contributed by atoms with Crippen LogP contribution >= 0.6 is 0 Å². The molecular weight excluding hydrogens is 252 g/mol. The fourth-order valence-corrected chi connectivity index (χ4v) is 2.01. The van der Waals surface area contributed by atoms with E-state index in [0.29, 0.717) is 22.9 Å². The standard InChI is InChI=1S/C16H14N2O2/c1-19-13-7-12(17)8-14(9-13)20-15-6-11-4-2-3-5-16(11)18-10-15/h2-10H,17H2,1H3. The Morgan fingerprint density at radius 1 is 0.950 bits per heavy atom. The summed E-state index contributed by atoms with van der Waals surface area (Å²) < 4.78 is 11.0. The zero-order valence-electron chi connectivity index (χ0n) is 11.0. The number of anilines is 1. The van der Waals surface area contributed by atoms with Crippen LogP contribution in [0.25, 0.3) is 10.9 Å². The van der Waals surface area contributed by atoms with Gasteiger partial charge in [-0.2, -0.15) is 0 Å². The van der Waals surface area contributed by atoms with Gasteiger partial charge in [0.15, 0.2) is 0 Å². The van der Waals surface area contributed by atoms with Gasteiger partial charge in [-0.15, -0.1) is 0 Å². The summed E-state index contributed by atoms with van der Waals surface area (Å²) in [5, 5.41) is 1.03. The third kappa shape index (κ3) is 2.49. The minimum atomic E-state index is 0.591. The topological polar surface area (TPSA) is 57.4 Å². The second-order valence-corrected chi connectivity index (χ2v) is 4.41. The molecule has 100 valence electrons. The highest BCUT2D eigenvalue weighted by molar-refractivity contribution is 5.79. The van der Waals surface area contributed by atoms with Crippen molar-refractivity contribution >= 4 is 16.6 Å². The normalized spacial score (nSPS) is 10.4. The molecule has 20 heavy (non-hydrogen) atoms. The van der Waals surface area contributed by atoms with Crippen molar-refractivity contribution in [2.45, 2.75) is 0 Å². The first-order chi connectivity index (χ1) is 9.74. The molecule has 3 rings (SSSR count). The number of ether oxygens (including phenoxy) is 2. The minimum absolute atomic E-state index is 0.591. The van der Waals surface area contributed by atoms with Crippen LogP contribution in [0.2, 0.25) is 0 Å². The van der Waals surface area contributed by atoms with Gasteiger partial charge in [-0.05, 0) is 12.1 Å². The fraction of sp³-hybridized carbons (Fsp3) is 0.0625. The number of rotatable bonds is 3. The summed E-state index contributed by atoms with van der Waals surface area (Å²) in [6.07, 6.45) is 1.69. The number of para-hydroxylation sites is 1. The molecule has 0 atom stereocenters. The summed E-state index contributed by atoms with van der Waals surface area (Å²) in [5.41, 5.74) is 7.33. The van der Waals surface area contributed by atoms with E-state index >= 15 is 0 Å². The Bertz CT molecular complexity index is 756. The average Bonchev–Trinajstić information content (AvgIpc) is 2.46. The highest BCUT2D eigenvalue weighted by Crippen LogP contribution is 2.29. The monoisotopic (exact) mass is 266 g/mol. The molecule has 3 aromatic rings. The molecular formula is C16H14N2O2. The van der Waals surface area contributed by atoms with Gasteiger partial charge in [-0.3, -0.25) is 4.98 Å². The molecule has 2 N–H and O–H groups in total. The van der Waals surface area contributed by atoms with Crippen LogP contribution in [-0.4, -0.2) is 12.1 Å². The van der Waals surface area contributed by atoms with Crippen molar-refractivity contribution in [1.29, 1.82) is 0 Å². The van der Waals surface area contributed by atoms with Crippen LogP contribution in [0.4, 0.5) is 5.69 Å². The summed E-state index contributed by atoms with van der Waals surface area (Å²) in [6.45, 7) is 0. The molecule has 2 aromatic carbocycles. The first-order valence-corrected chi connectivity index (χ1v) is 6.22. The van der Waals surface area contributed by atoms with Gasteiger partial charge in [0.25, 0.3) is 0 Å². The van der Waals surface area contributed by atoms with E-state index in [1.165, 1.54) is 0 Å². The second kappa shape index (κ2) is 5.09. The van der Waals surface area contributed by atoms with Gasteiger partial charge in [0.2, 0.25) is 0 Å². The van der Waals surface area contributed by atoms with Crippen molar-refractivity contribution in [3.8, 4) is 17.2 Å². The summed E-state index contributed by atoms with van der Waals surface area (Å²) in [7, 11) is 1.59. The van der Waals surface area contributed by atoms with E-state index < -0.39 is 0 Å². The summed E-state index contributed by atoms with van der Waals surface area (Å²) in [4.78, 5) is 4.35. The van der Waals surface area contributed by atoms with Crippen molar-refractivity contribution in [1.82, 2.24) is 4.98 Å². The van der Waals surface area contributed by atoms with Crippen LogP contribution < -0.4 is 15.2 Å². The summed E-state index contributed by atoms with van der Waals surface area (Å²) in [6, 6.07) is 15.1.